The molecule has 1 amide bonds. The third-order valence-electron chi connectivity index (χ3n) is 4.58. The SMILES string of the molecule is CC(C)[C@@H](NC(=O)COc1ccc(C=O)cc1[N+](=O)[O-])c1ccc2c(c1)OCCO2. The first-order valence-electron chi connectivity index (χ1n) is 9.44. The van der Waals surface area contributed by atoms with Crippen LogP contribution in [-0.2, 0) is 4.79 Å². The zero-order valence-corrected chi connectivity index (χ0v) is 16.6. The van der Waals surface area contributed by atoms with Crippen molar-refractivity contribution in [2.45, 2.75) is 19.9 Å². The molecule has 30 heavy (non-hydrogen) atoms. The highest BCUT2D eigenvalue weighted by Crippen LogP contribution is 2.34. The van der Waals surface area contributed by atoms with E-state index in [2.05, 4.69) is 5.32 Å². The Morgan fingerprint density at radius 1 is 1.20 bits per heavy atom. The van der Waals surface area contributed by atoms with Crippen LogP contribution in [0, 0.1) is 16.0 Å². The summed E-state index contributed by atoms with van der Waals surface area (Å²) in [5.74, 6) is 0.838. The fraction of sp³-hybridized carbons (Fsp3) is 0.333. The van der Waals surface area contributed by atoms with Crippen molar-refractivity contribution in [1.82, 2.24) is 5.32 Å². The summed E-state index contributed by atoms with van der Waals surface area (Å²) in [7, 11) is 0. The second-order valence-electron chi connectivity index (χ2n) is 7.08. The zero-order chi connectivity index (χ0) is 21.7. The van der Waals surface area contributed by atoms with E-state index in [1.54, 1.807) is 6.07 Å². The number of hydrogen-bond acceptors (Lipinski definition) is 7. The number of carbonyl (C=O) groups is 2. The summed E-state index contributed by atoms with van der Waals surface area (Å²) in [4.78, 5) is 33.8. The predicted molar refractivity (Wildman–Crippen MR) is 107 cm³/mol. The summed E-state index contributed by atoms with van der Waals surface area (Å²) in [5, 5.41) is 14.1. The number of hydrogen-bond donors (Lipinski definition) is 1. The molecule has 0 fully saturated rings. The Balaban J connectivity index is 1.69. The average molecular weight is 414 g/mol. The highest BCUT2D eigenvalue weighted by molar-refractivity contribution is 5.79. The normalized spacial score (nSPS) is 13.4. The van der Waals surface area contributed by atoms with Crippen LogP contribution in [0.3, 0.4) is 0 Å². The maximum atomic E-state index is 12.5. The van der Waals surface area contributed by atoms with Crippen LogP contribution in [-0.4, -0.2) is 36.9 Å². The molecule has 0 saturated carbocycles. The molecule has 1 heterocycles. The Morgan fingerprint density at radius 2 is 1.93 bits per heavy atom. The van der Waals surface area contributed by atoms with Crippen molar-refractivity contribution in [3.8, 4) is 17.2 Å². The van der Waals surface area contributed by atoms with Crippen molar-refractivity contribution in [1.29, 1.82) is 0 Å². The molecular formula is C21H22N2O7. The van der Waals surface area contributed by atoms with E-state index in [-0.39, 0.29) is 29.0 Å². The minimum Gasteiger partial charge on any atom is -0.486 e. The first kappa shape index (κ1) is 21.1. The molecule has 3 rings (SSSR count). The Bertz CT molecular complexity index is 958. The summed E-state index contributed by atoms with van der Waals surface area (Å²) >= 11 is 0. The summed E-state index contributed by atoms with van der Waals surface area (Å²) in [6.45, 7) is 4.48. The van der Waals surface area contributed by atoms with E-state index in [0.717, 1.165) is 11.6 Å². The molecule has 0 radical (unpaired) electrons. The monoisotopic (exact) mass is 414 g/mol. The van der Waals surface area contributed by atoms with Crippen LogP contribution >= 0.6 is 0 Å². The third kappa shape index (κ3) is 4.86. The largest absolute Gasteiger partial charge is 0.486 e. The molecule has 1 N–H and O–H groups in total. The van der Waals surface area contributed by atoms with Gasteiger partial charge in [0.05, 0.1) is 11.0 Å². The molecule has 0 spiro atoms. The van der Waals surface area contributed by atoms with Crippen LogP contribution in [0.2, 0.25) is 0 Å². The molecular weight excluding hydrogens is 392 g/mol. The first-order chi connectivity index (χ1) is 14.4. The van der Waals surface area contributed by atoms with Gasteiger partial charge >= 0.3 is 5.69 Å². The molecule has 0 aromatic heterocycles. The van der Waals surface area contributed by atoms with Crippen LogP contribution in [0.5, 0.6) is 17.2 Å². The minimum absolute atomic E-state index is 0.0673. The molecule has 9 heteroatoms. The fourth-order valence-corrected chi connectivity index (χ4v) is 3.12. The van der Waals surface area contributed by atoms with Crippen molar-refractivity contribution in [3.63, 3.8) is 0 Å². The number of carbonyl (C=O) groups excluding carboxylic acids is 2. The third-order valence-corrected chi connectivity index (χ3v) is 4.58. The maximum Gasteiger partial charge on any atom is 0.311 e. The lowest BCUT2D eigenvalue weighted by molar-refractivity contribution is -0.385. The average Bonchev–Trinajstić information content (AvgIpc) is 2.75. The van der Waals surface area contributed by atoms with E-state index in [1.165, 1.54) is 12.1 Å². The number of nitro groups is 1. The molecule has 158 valence electrons. The van der Waals surface area contributed by atoms with Gasteiger partial charge in [0.15, 0.2) is 23.9 Å². The van der Waals surface area contributed by atoms with Crippen molar-refractivity contribution in [2.24, 2.45) is 5.92 Å². The van der Waals surface area contributed by atoms with E-state index in [0.29, 0.717) is 31.0 Å². The molecule has 0 aliphatic carbocycles. The van der Waals surface area contributed by atoms with Crippen LogP contribution < -0.4 is 19.5 Å². The molecule has 2 aromatic rings. The van der Waals surface area contributed by atoms with Crippen molar-refractivity contribution in [3.05, 3.63) is 57.6 Å². The smallest absolute Gasteiger partial charge is 0.311 e. The molecule has 2 aromatic carbocycles. The van der Waals surface area contributed by atoms with E-state index in [4.69, 9.17) is 14.2 Å². The first-order valence-corrected chi connectivity index (χ1v) is 9.44. The Hall–Kier alpha value is -3.62. The summed E-state index contributed by atoms with van der Waals surface area (Å²) in [5.41, 5.74) is 0.626. The van der Waals surface area contributed by atoms with Gasteiger partial charge in [0.25, 0.3) is 5.91 Å². The molecule has 1 aliphatic heterocycles. The van der Waals surface area contributed by atoms with Gasteiger partial charge in [-0.15, -0.1) is 0 Å². The zero-order valence-electron chi connectivity index (χ0n) is 16.6. The molecule has 0 saturated heterocycles. The lowest BCUT2D eigenvalue weighted by Gasteiger charge is -2.25. The summed E-state index contributed by atoms with van der Waals surface area (Å²) < 4.78 is 16.5. The number of rotatable bonds is 8. The topological polar surface area (TPSA) is 117 Å². The summed E-state index contributed by atoms with van der Waals surface area (Å²) in [6, 6.07) is 8.98. The lowest BCUT2D eigenvalue weighted by atomic mass is 9.95. The van der Waals surface area contributed by atoms with Crippen LogP contribution in [0.15, 0.2) is 36.4 Å². The Labute approximate surface area is 173 Å². The van der Waals surface area contributed by atoms with Crippen LogP contribution in [0.25, 0.3) is 0 Å². The molecule has 9 nitrogen and oxygen atoms in total. The highest BCUT2D eigenvalue weighted by Gasteiger charge is 2.23. The highest BCUT2D eigenvalue weighted by atomic mass is 16.6. The molecule has 1 aliphatic rings. The van der Waals surface area contributed by atoms with Gasteiger partial charge in [-0.05, 0) is 35.7 Å². The number of ether oxygens (including phenoxy) is 3. The molecule has 0 bridgehead atoms. The molecule has 0 unspecified atom stereocenters. The quantitative estimate of drug-likeness (QED) is 0.401. The lowest BCUT2D eigenvalue weighted by Crippen LogP contribution is -2.35. The van der Waals surface area contributed by atoms with Gasteiger partial charge in [0.2, 0.25) is 0 Å². The fourth-order valence-electron chi connectivity index (χ4n) is 3.12. The van der Waals surface area contributed by atoms with Gasteiger partial charge in [-0.2, -0.15) is 0 Å². The maximum absolute atomic E-state index is 12.5. The predicted octanol–water partition coefficient (Wildman–Crippen LogP) is 3.07. The van der Waals surface area contributed by atoms with Gasteiger partial charge in [-0.25, -0.2) is 0 Å². The van der Waals surface area contributed by atoms with Crippen LogP contribution in [0.4, 0.5) is 5.69 Å². The van der Waals surface area contributed by atoms with E-state index >= 15 is 0 Å². The number of nitrogens with one attached hydrogen (secondary N) is 1. The number of benzene rings is 2. The minimum atomic E-state index is -0.660. The van der Waals surface area contributed by atoms with Crippen molar-refractivity contribution >= 4 is 17.9 Å². The van der Waals surface area contributed by atoms with E-state index in [9.17, 15) is 19.7 Å². The number of aldehydes is 1. The second-order valence-corrected chi connectivity index (χ2v) is 7.08. The Morgan fingerprint density at radius 3 is 2.60 bits per heavy atom. The van der Waals surface area contributed by atoms with Gasteiger partial charge in [-0.1, -0.05) is 19.9 Å². The van der Waals surface area contributed by atoms with Gasteiger partial charge < -0.3 is 19.5 Å². The second kappa shape index (κ2) is 9.25. The molecule has 1 atom stereocenters. The van der Waals surface area contributed by atoms with E-state index < -0.39 is 17.4 Å². The number of amides is 1. The number of fused-ring (bicyclic) bond motifs is 1. The standard InChI is InChI=1S/C21H22N2O7/c1-13(2)21(15-4-6-18-19(10-15)29-8-7-28-18)22-20(25)12-30-17-5-3-14(11-24)9-16(17)23(26)27/h3-6,9-11,13,21H,7-8,12H2,1-2H3,(H,22,25)/t21-/m1/s1. The van der Waals surface area contributed by atoms with Gasteiger partial charge in [-0.3, -0.25) is 19.7 Å². The number of nitro benzene ring substituents is 1. The van der Waals surface area contributed by atoms with E-state index in [1.807, 2.05) is 26.0 Å². The van der Waals surface area contributed by atoms with Crippen molar-refractivity contribution in [2.75, 3.05) is 19.8 Å². The van der Waals surface area contributed by atoms with Gasteiger partial charge in [0.1, 0.15) is 19.5 Å². The van der Waals surface area contributed by atoms with Crippen LogP contribution in [0.1, 0.15) is 35.8 Å². The van der Waals surface area contributed by atoms with Crippen molar-refractivity contribution < 1.29 is 28.7 Å². The van der Waals surface area contributed by atoms with Gasteiger partial charge in [0, 0.05) is 11.6 Å². The Kier molecular flexibility index (Phi) is 6.51. The number of nitrogens with zero attached hydrogens (tertiary/aromatic N) is 1. The summed E-state index contributed by atoms with van der Waals surface area (Å²) in [6.07, 6.45) is 0.504.